The number of aliphatic hydroxyl groups is 1. The van der Waals surface area contributed by atoms with Gasteiger partial charge in [-0.2, -0.15) is 0 Å². The summed E-state index contributed by atoms with van der Waals surface area (Å²) in [5.74, 6) is 0. The van der Waals surface area contributed by atoms with Crippen molar-refractivity contribution in [2.75, 3.05) is 19.6 Å². The van der Waals surface area contributed by atoms with Crippen LogP contribution < -0.4 is 0 Å². The second-order valence-electron chi connectivity index (χ2n) is 7.07. The summed E-state index contributed by atoms with van der Waals surface area (Å²) in [6, 6.07) is 10.1. The Morgan fingerprint density at radius 2 is 1.96 bits per heavy atom. The number of nitrogens with zero attached hydrogens (tertiary/aromatic N) is 2. The summed E-state index contributed by atoms with van der Waals surface area (Å²) in [7, 11) is 0. The molecule has 1 aliphatic rings. The smallest absolute Gasteiger partial charge is 0.410 e. The molecule has 0 spiro atoms. The zero-order valence-corrected chi connectivity index (χ0v) is 14.5. The van der Waals surface area contributed by atoms with Crippen LogP contribution in [0.1, 0.15) is 33.3 Å². The van der Waals surface area contributed by atoms with E-state index < -0.39 is 11.7 Å². The number of benzene rings is 1. The maximum atomic E-state index is 12.2. The Kier molecular flexibility index (Phi) is 5.65. The van der Waals surface area contributed by atoms with Gasteiger partial charge in [-0.3, -0.25) is 4.90 Å². The van der Waals surface area contributed by atoms with Crippen molar-refractivity contribution in [1.29, 1.82) is 0 Å². The molecule has 5 nitrogen and oxygen atoms in total. The fourth-order valence-corrected chi connectivity index (χ4v) is 2.89. The molecule has 0 bridgehead atoms. The number of aliphatic hydroxyl groups excluding tert-OH is 1. The van der Waals surface area contributed by atoms with Gasteiger partial charge in [0.25, 0.3) is 0 Å². The molecule has 0 aliphatic carbocycles. The summed E-state index contributed by atoms with van der Waals surface area (Å²) in [6.07, 6.45) is -0.902. The van der Waals surface area contributed by atoms with Crippen molar-refractivity contribution in [3.63, 3.8) is 0 Å². The zero-order valence-electron chi connectivity index (χ0n) is 14.5. The Morgan fingerprint density at radius 3 is 2.52 bits per heavy atom. The molecule has 1 aromatic carbocycles. The van der Waals surface area contributed by atoms with Crippen LogP contribution in [0, 0.1) is 0 Å². The van der Waals surface area contributed by atoms with Crippen LogP contribution >= 0.6 is 0 Å². The SMILES string of the molecule is CCN(Cc1ccccc1)[C@@H]1CN(C(=O)OC(C)(C)C)C[C@H]1O. The third kappa shape index (κ3) is 4.94. The minimum atomic E-state index is -0.550. The van der Waals surface area contributed by atoms with Gasteiger partial charge in [-0.05, 0) is 32.9 Å². The Hall–Kier alpha value is -1.59. The number of amides is 1. The summed E-state index contributed by atoms with van der Waals surface area (Å²) >= 11 is 0. The zero-order chi connectivity index (χ0) is 17.0. The molecule has 1 heterocycles. The largest absolute Gasteiger partial charge is 0.444 e. The Bertz CT molecular complexity index is 513. The molecule has 23 heavy (non-hydrogen) atoms. The van der Waals surface area contributed by atoms with Gasteiger partial charge >= 0.3 is 6.09 Å². The molecular weight excluding hydrogens is 292 g/mol. The summed E-state index contributed by atoms with van der Waals surface area (Å²) < 4.78 is 5.41. The average molecular weight is 320 g/mol. The van der Waals surface area contributed by atoms with Gasteiger partial charge in [-0.1, -0.05) is 37.3 Å². The summed E-state index contributed by atoms with van der Waals surface area (Å²) in [6.45, 7) is 10.0. The quantitative estimate of drug-likeness (QED) is 0.926. The predicted molar refractivity (Wildman–Crippen MR) is 90.1 cm³/mol. The van der Waals surface area contributed by atoms with Crippen LogP contribution in [0.2, 0.25) is 0 Å². The molecule has 0 radical (unpaired) electrons. The van der Waals surface area contributed by atoms with Gasteiger partial charge in [0.05, 0.1) is 18.7 Å². The van der Waals surface area contributed by atoms with E-state index in [1.54, 1.807) is 4.90 Å². The molecule has 0 unspecified atom stereocenters. The summed E-state index contributed by atoms with van der Waals surface area (Å²) in [4.78, 5) is 16.0. The van der Waals surface area contributed by atoms with E-state index in [0.717, 1.165) is 13.1 Å². The van der Waals surface area contributed by atoms with Crippen molar-refractivity contribution >= 4 is 6.09 Å². The van der Waals surface area contributed by atoms with Crippen LogP contribution in [0.3, 0.4) is 0 Å². The molecule has 2 rings (SSSR count). The van der Waals surface area contributed by atoms with Gasteiger partial charge in [0.2, 0.25) is 0 Å². The normalized spacial score (nSPS) is 21.7. The molecular formula is C18H28N2O3. The first-order valence-corrected chi connectivity index (χ1v) is 8.24. The number of likely N-dealkylation sites (N-methyl/N-ethyl adjacent to an activating group) is 1. The van der Waals surface area contributed by atoms with Crippen LogP contribution in [0.4, 0.5) is 4.79 Å². The van der Waals surface area contributed by atoms with Crippen molar-refractivity contribution in [2.24, 2.45) is 0 Å². The first kappa shape index (κ1) is 17.8. The number of ether oxygens (including phenoxy) is 1. The Labute approximate surface area is 138 Å². The highest BCUT2D eigenvalue weighted by Gasteiger charge is 2.38. The molecule has 0 saturated carbocycles. The second kappa shape index (κ2) is 7.32. The van der Waals surface area contributed by atoms with E-state index in [-0.39, 0.29) is 12.1 Å². The first-order valence-electron chi connectivity index (χ1n) is 8.24. The lowest BCUT2D eigenvalue weighted by molar-refractivity contribution is 0.0269. The van der Waals surface area contributed by atoms with Gasteiger partial charge in [-0.25, -0.2) is 4.79 Å². The second-order valence-corrected chi connectivity index (χ2v) is 7.07. The number of hydrogen-bond donors (Lipinski definition) is 1. The molecule has 1 fully saturated rings. The highest BCUT2D eigenvalue weighted by atomic mass is 16.6. The van der Waals surface area contributed by atoms with Crippen LogP contribution in [0.25, 0.3) is 0 Å². The highest BCUT2D eigenvalue weighted by molar-refractivity contribution is 5.68. The number of carbonyl (C=O) groups excluding carboxylic acids is 1. The van der Waals surface area contributed by atoms with E-state index in [1.807, 2.05) is 39.0 Å². The third-order valence-electron chi connectivity index (χ3n) is 4.01. The van der Waals surface area contributed by atoms with Crippen LogP contribution in [0.15, 0.2) is 30.3 Å². The number of β-amino-alcohol motifs (C(OH)–C–C–N with tert-alkyl or cyclic N) is 1. The topological polar surface area (TPSA) is 53.0 Å². The van der Waals surface area contributed by atoms with E-state index in [2.05, 4.69) is 24.0 Å². The van der Waals surface area contributed by atoms with Crippen molar-refractivity contribution in [2.45, 2.75) is 52.0 Å². The minimum absolute atomic E-state index is 0.0623. The lowest BCUT2D eigenvalue weighted by Crippen LogP contribution is -2.43. The monoisotopic (exact) mass is 320 g/mol. The van der Waals surface area contributed by atoms with Crippen LogP contribution in [-0.4, -0.2) is 58.4 Å². The number of likely N-dealkylation sites (tertiary alicyclic amines) is 1. The lowest BCUT2D eigenvalue weighted by atomic mass is 10.1. The van der Waals surface area contributed by atoms with E-state index in [0.29, 0.717) is 13.1 Å². The average Bonchev–Trinajstić information content (AvgIpc) is 2.86. The predicted octanol–water partition coefficient (Wildman–Crippen LogP) is 2.49. The van der Waals surface area contributed by atoms with Crippen molar-refractivity contribution in [3.8, 4) is 0 Å². The maximum absolute atomic E-state index is 12.2. The number of carbonyl (C=O) groups is 1. The van der Waals surface area contributed by atoms with E-state index in [9.17, 15) is 9.90 Å². The van der Waals surface area contributed by atoms with Crippen LogP contribution in [-0.2, 0) is 11.3 Å². The van der Waals surface area contributed by atoms with Gasteiger partial charge < -0.3 is 14.7 Å². The maximum Gasteiger partial charge on any atom is 0.410 e. The standard InChI is InChI=1S/C18H28N2O3/c1-5-19(11-14-9-7-6-8-10-14)15-12-20(13-16(15)21)17(22)23-18(2,3)4/h6-10,15-16,21H,5,11-13H2,1-4H3/t15-,16-/m1/s1. The third-order valence-corrected chi connectivity index (χ3v) is 4.01. The first-order chi connectivity index (χ1) is 10.8. The molecule has 1 amide bonds. The highest BCUT2D eigenvalue weighted by Crippen LogP contribution is 2.21. The molecule has 5 heteroatoms. The molecule has 2 atom stereocenters. The Balaban J connectivity index is 2.00. The van der Waals surface area contributed by atoms with Gasteiger partial charge in [0.1, 0.15) is 5.60 Å². The van der Waals surface area contributed by atoms with Gasteiger partial charge in [0, 0.05) is 13.1 Å². The molecule has 1 aromatic rings. The van der Waals surface area contributed by atoms with Crippen molar-refractivity contribution < 1.29 is 14.6 Å². The molecule has 0 aromatic heterocycles. The van der Waals surface area contributed by atoms with Crippen molar-refractivity contribution in [3.05, 3.63) is 35.9 Å². The fourth-order valence-electron chi connectivity index (χ4n) is 2.89. The summed E-state index contributed by atoms with van der Waals surface area (Å²) in [5.41, 5.74) is 0.687. The van der Waals surface area contributed by atoms with Crippen molar-refractivity contribution in [1.82, 2.24) is 9.80 Å². The van der Waals surface area contributed by atoms with E-state index in [1.165, 1.54) is 5.56 Å². The molecule has 1 aliphatic heterocycles. The van der Waals surface area contributed by atoms with Gasteiger partial charge in [-0.15, -0.1) is 0 Å². The number of rotatable bonds is 4. The summed E-state index contributed by atoms with van der Waals surface area (Å²) in [5, 5.41) is 10.4. The van der Waals surface area contributed by atoms with Crippen LogP contribution in [0.5, 0.6) is 0 Å². The number of hydrogen-bond acceptors (Lipinski definition) is 4. The lowest BCUT2D eigenvalue weighted by Gasteiger charge is -2.29. The molecule has 128 valence electrons. The molecule has 1 saturated heterocycles. The van der Waals surface area contributed by atoms with E-state index >= 15 is 0 Å². The van der Waals surface area contributed by atoms with E-state index in [4.69, 9.17) is 4.74 Å². The molecule has 1 N–H and O–H groups in total. The Morgan fingerprint density at radius 1 is 1.30 bits per heavy atom. The van der Waals surface area contributed by atoms with Gasteiger partial charge in [0.15, 0.2) is 0 Å². The fraction of sp³-hybridized carbons (Fsp3) is 0.611. The minimum Gasteiger partial charge on any atom is -0.444 e.